The number of halogens is 1. The highest BCUT2D eigenvalue weighted by atomic mass is 19.1. The van der Waals surface area contributed by atoms with Crippen molar-refractivity contribution >= 4 is 23.4 Å². The lowest BCUT2D eigenvalue weighted by Gasteiger charge is -2.21. The highest BCUT2D eigenvalue weighted by molar-refractivity contribution is 6.12. The summed E-state index contributed by atoms with van der Waals surface area (Å²) in [5, 5.41) is 28.4. The third-order valence-electron chi connectivity index (χ3n) is 11.8. The normalized spacial score (nSPS) is 15.3. The largest absolute Gasteiger partial charge is 0.393 e. The minimum Gasteiger partial charge on any atom is -0.393 e. The summed E-state index contributed by atoms with van der Waals surface area (Å²) in [6, 6.07) is 24.9. The van der Waals surface area contributed by atoms with E-state index in [-0.39, 0.29) is 61.3 Å². The number of aliphatic hydroxyl groups is 2. The number of allylic oxidation sites excluding steroid dienone is 10. The zero-order chi connectivity index (χ0) is 47.8. The van der Waals surface area contributed by atoms with E-state index in [1.54, 1.807) is 17.0 Å². The summed E-state index contributed by atoms with van der Waals surface area (Å²) in [5.74, 6) is -1.05. The number of unbranched alkanes of at least 4 members (excludes halogenated alkanes) is 1. The summed E-state index contributed by atoms with van der Waals surface area (Å²) in [6.45, 7) is 7.47. The first-order valence-corrected chi connectivity index (χ1v) is 24.2. The van der Waals surface area contributed by atoms with Gasteiger partial charge in [0.1, 0.15) is 5.82 Å². The number of aliphatic hydroxyl groups excluding tert-OH is 2. The molecule has 0 radical (unpaired) electrons. The smallest absolute Gasteiger partial charge is 0.258 e. The molecule has 3 amide bonds. The van der Waals surface area contributed by atoms with Gasteiger partial charge in [0.05, 0.1) is 29.9 Å². The lowest BCUT2D eigenvalue weighted by atomic mass is 9.94. The van der Waals surface area contributed by atoms with Gasteiger partial charge in [-0.15, -0.1) is 0 Å². The van der Waals surface area contributed by atoms with E-state index in [1.165, 1.54) is 12.1 Å². The van der Waals surface area contributed by atoms with Gasteiger partial charge in [0.15, 0.2) is 0 Å². The molecule has 67 heavy (non-hydrogen) atoms. The van der Waals surface area contributed by atoms with E-state index in [2.05, 4.69) is 78.3 Å². The van der Waals surface area contributed by atoms with E-state index in [0.717, 1.165) is 61.9 Å². The number of aromatic nitrogens is 1. The van der Waals surface area contributed by atoms with Crippen molar-refractivity contribution in [2.45, 2.75) is 129 Å². The van der Waals surface area contributed by atoms with Crippen LogP contribution in [0.5, 0.6) is 0 Å². The Balaban J connectivity index is 1.10. The van der Waals surface area contributed by atoms with E-state index in [9.17, 15) is 29.0 Å². The fraction of sp³-hybridized carbons (Fsp3) is 0.386. The van der Waals surface area contributed by atoms with Crippen LogP contribution in [0.25, 0.3) is 22.4 Å². The average Bonchev–Trinajstić information content (AvgIpc) is 3.93. The van der Waals surface area contributed by atoms with Crippen molar-refractivity contribution in [1.82, 2.24) is 14.8 Å². The summed E-state index contributed by atoms with van der Waals surface area (Å²) >= 11 is 0. The molecule has 0 unspecified atom stereocenters. The SMILES string of the molecule is CCC=CCC=CCC=CCC=CCC=CCCCC(=O)N1CC[C@@H](NC(=O)C[C@H](O)C[C@H](O)CCn2c(-c3ccc(F)cc3)c(-c3ccccc3)c(C(=O)Nc3ccccc3)c2C(C)C)C1. The zero-order valence-corrected chi connectivity index (χ0v) is 39.7. The number of likely N-dealkylation sites (tertiary alicyclic amines) is 1. The minimum atomic E-state index is -1.09. The quantitative estimate of drug-likeness (QED) is 0.0369. The number of carbonyl (C=O) groups is 3. The Bertz CT molecular complexity index is 2300. The Kier molecular flexibility index (Phi) is 21.8. The van der Waals surface area contributed by atoms with Crippen molar-refractivity contribution < 1.29 is 29.0 Å². The summed E-state index contributed by atoms with van der Waals surface area (Å²) in [6.07, 6.45) is 27.2. The number of benzene rings is 3. The molecule has 0 aliphatic carbocycles. The van der Waals surface area contributed by atoms with Gasteiger partial charge in [-0.3, -0.25) is 14.4 Å². The van der Waals surface area contributed by atoms with Crippen LogP contribution in [0.3, 0.4) is 0 Å². The number of nitrogens with one attached hydrogen (secondary N) is 2. The van der Waals surface area contributed by atoms with Crippen LogP contribution in [0.1, 0.15) is 120 Å². The molecule has 0 spiro atoms. The molecule has 10 heteroatoms. The number of anilines is 1. The Morgan fingerprint density at radius 2 is 1.36 bits per heavy atom. The predicted molar refractivity (Wildman–Crippen MR) is 271 cm³/mol. The maximum Gasteiger partial charge on any atom is 0.258 e. The van der Waals surface area contributed by atoms with Crippen LogP contribution < -0.4 is 10.6 Å². The fourth-order valence-corrected chi connectivity index (χ4v) is 8.50. The third kappa shape index (κ3) is 16.9. The number of rotatable bonds is 26. The van der Waals surface area contributed by atoms with Crippen LogP contribution >= 0.6 is 0 Å². The number of hydrogen-bond acceptors (Lipinski definition) is 5. The molecule has 4 N–H and O–H groups in total. The first-order chi connectivity index (χ1) is 32.5. The van der Waals surface area contributed by atoms with Gasteiger partial charge in [0.25, 0.3) is 5.91 Å². The van der Waals surface area contributed by atoms with Crippen LogP contribution in [-0.4, -0.2) is 68.7 Å². The highest BCUT2D eigenvalue weighted by Gasteiger charge is 2.32. The average molecular weight is 911 g/mol. The molecule has 1 aliphatic rings. The molecule has 1 aromatic heterocycles. The molecule has 1 aliphatic heterocycles. The molecule has 9 nitrogen and oxygen atoms in total. The Morgan fingerprint density at radius 1 is 0.761 bits per heavy atom. The van der Waals surface area contributed by atoms with Crippen LogP contribution in [0.4, 0.5) is 10.1 Å². The van der Waals surface area contributed by atoms with Gasteiger partial charge < -0.3 is 30.3 Å². The molecule has 5 rings (SSSR count). The van der Waals surface area contributed by atoms with Crippen LogP contribution in [0, 0.1) is 5.82 Å². The topological polar surface area (TPSA) is 124 Å². The van der Waals surface area contributed by atoms with Gasteiger partial charge in [-0.1, -0.05) is 130 Å². The van der Waals surface area contributed by atoms with E-state index in [0.29, 0.717) is 48.3 Å². The maximum atomic E-state index is 14.4. The second-order valence-corrected chi connectivity index (χ2v) is 17.5. The highest BCUT2D eigenvalue weighted by Crippen LogP contribution is 2.42. The van der Waals surface area contributed by atoms with Crippen LogP contribution in [-0.2, 0) is 16.1 Å². The third-order valence-corrected chi connectivity index (χ3v) is 11.8. The monoisotopic (exact) mass is 911 g/mol. The van der Waals surface area contributed by atoms with Gasteiger partial charge in [0.2, 0.25) is 11.8 Å². The van der Waals surface area contributed by atoms with Gasteiger partial charge in [-0.2, -0.15) is 0 Å². The van der Waals surface area contributed by atoms with Crippen molar-refractivity contribution in [1.29, 1.82) is 0 Å². The molecule has 0 bridgehead atoms. The van der Waals surface area contributed by atoms with Crippen LogP contribution in [0.2, 0.25) is 0 Å². The summed E-state index contributed by atoms with van der Waals surface area (Å²) in [4.78, 5) is 42.2. The van der Waals surface area contributed by atoms with Gasteiger partial charge in [0, 0.05) is 49.0 Å². The number of amides is 3. The number of carbonyl (C=O) groups excluding carboxylic acids is 3. The molecule has 4 aromatic rings. The summed E-state index contributed by atoms with van der Waals surface area (Å²) in [5.41, 5.74) is 4.83. The lowest BCUT2D eigenvalue weighted by Crippen LogP contribution is -2.39. The molecule has 1 saturated heterocycles. The number of hydrogen-bond donors (Lipinski definition) is 4. The summed E-state index contributed by atoms with van der Waals surface area (Å²) in [7, 11) is 0. The number of para-hydroxylation sites is 1. The predicted octanol–water partition coefficient (Wildman–Crippen LogP) is 11.9. The molecule has 3 atom stereocenters. The van der Waals surface area contributed by atoms with E-state index in [1.807, 2.05) is 79.1 Å². The first-order valence-electron chi connectivity index (χ1n) is 24.2. The standard InChI is InChI=1S/C57H71FN4O5/c1-4-5-6-7-8-9-10-11-12-13-14-15-16-17-18-19-26-31-52(66)61-38-36-48(42-61)59-51(65)41-50(64)40-49(63)37-39-62-55(43(2)3)54(57(67)60-47-29-24-21-25-30-47)53(44-27-22-20-23-28-44)56(62)45-32-34-46(58)35-33-45/h5-6,8-9,11-12,14-15,17-18,20-25,27-30,32-35,43,48-50,63-64H,4,7,10,13,16,19,26,31,36-42H2,1-3H3,(H,59,65)(H,60,67)/t48-,49-,50-/m1/s1. The molecule has 356 valence electrons. The first kappa shape index (κ1) is 51.9. The second-order valence-electron chi connectivity index (χ2n) is 17.5. The molecule has 0 saturated carbocycles. The van der Waals surface area contributed by atoms with E-state index < -0.39 is 12.2 Å². The van der Waals surface area contributed by atoms with Gasteiger partial charge >= 0.3 is 0 Å². The second kappa shape index (κ2) is 28.2. The van der Waals surface area contributed by atoms with E-state index >= 15 is 0 Å². The number of nitrogens with zero attached hydrogens (tertiary/aromatic N) is 2. The van der Waals surface area contributed by atoms with Crippen molar-refractivity contribution in [3.63, 3.8) is 0 Å². The zero-order valence-electron chi connectivity index (χ0n) is 39.7. The summed E-state index contributed by atoms with van der Waals surface area (Å²) < 4.78 is 16.4. The van der Waals surface area contributed by atoms with Gasteiger partial charge in [-0.25, -0.2) is 4.39 Å². The van der Waals surface area contributed by atoms with Crippen molar-refractivity contribution in [3.8, 4) is 22.4 Å². The van der Waals surface area contributed by atoms with Gasteiger partial charge in [-0.05, 0) is 118 Å². The molecule has 1 fully saturated rings. The maximum absolute atomic E-state index is 14.4. The minimum absolute atomic E-state index is 0.0301. The lowest BCUT2D eigenvalue weighted by molar-refractivity contribution is -0.130. The van der Waals surface area contributed by atoms with E-state index in [4.69, 9.17) is 0 Å². The molecular formula is C57H71FN4O5. The van der Waals surface area contributed by atoms with Crippen molar-refractivity contribution in [2.75, 3.05) is 18.4 Å². The Morgan fingerprint density at radius 3 is 1.97 bits per heavy atom. The molecule has 2 heterocycles. The Hall–Kier alpha value is -6.10. The molecule has 3 aromatic carbocycles. The fourth-order valence-electron chi connectivity index (χ4n) is 8.50. The van der Waals surface area contributed by atoms with Crippen LogP contribution in [0.15, 0.2) is 146 Å². The van der Waals surface area contributed by atoms with Crippen molar-refractivity contribution in [2.24, 2.45) is 0 Å². The van der Waals surface area contributed by atoms with Crippen molar-refractivity contribution in [3.05, 3.63) is 163 Å². The molecular weight excluding hydrogens is 840 g/mol. The Labute approximate surface area is 397 Å².